The van der Waals surface area contributed by atoms with E-state index in [1.54, 1.807) is 0 Å². The molecule has 3 atom stereocenters. The topological polar surface area (TPSA) is 100 Å². The van der Waals surface area contributed by atoms with Crippen LogP contribution in [0.3, 0.4) is 0 Å². The minimum Gasteiger partial charge on any atom is -0.489 e. The summed E-state index contributed by atoms with van der Waals surface area (Å²) in [5.41, 5.74) is -0.803. The summed E-state index contributed by atoms with van der Waals surface area (Å²) in [6.45, 7) is 2.36. The third-order valence-electron chi connectivity index (χ3n) is 8.34. The molecule has 1 aromatic rings. The van der Waals surface area contributed by atoms with Crippen molar-refractivity contribution in [2.75, 3.05) is 40.5 Å². The molecule has 10 heteroatoms. The van der Waals surface area contributed by atoms with E-state index in [1.165, 1.54) is 7.11 Å². The average molecular weight is 508 g/mol. The van der Waals surface area contributed by atoms with Crippen molar-refractivity contribution in [2.24, 2.45) is 11.3 Å². The number of aromatic nitrogens is 2. The molecule has 4 aliphatic rings. The molecule has 0 radical (unpaired) electrons. The Morgan fingerprint density at radius 3 is 2.57 bits per heavy atom. The molecule has 2 saturated carbocycles. The zero-order valence-electron chi connectivity index (χ0n) is 20.5. The summed E-state index contributed by atoms with van der Waals surface area (Å²) in [5, 5.41) is -0.00445. The zero-order valence-corrected chi connectivity index (χ0v) is 21.3. The Morgan fingerprint density at radius 1 is 1.11 bits per heavy atom. The number of likely N-dealkylation sites (N-methyl/N-ethyl adjacent to an activating group) is 1. The molecule has 1 aromatic heterocycles. The number of methoxy groups -OCH3 is 1. The first-order valence-corrected chi connectivity index (χ1v) is 13.1. The number of hydrogen-bond acceptors (Lipinski definition) is 9. The number of hydrogen-bond donors (Lipinski definition) is 0. The SMILES string of the molecule is COc1c(Cl)nc(C(=O)C2CCC[C@@]3(CCCCC34OCCO4)C2=O)nc1OC[C@@H]1CCCN1C. The number of carbonyl (C=O) groups is 2. The number of carbonyl (C=O) groups excluding carboxylic acids is 2. The van der Waals surface area contributed by atoms with Gasteiger partial charge in [-0.1, -0.05) is 24.4 Å². The number of ketones is 2. The molecule has 2 aliphatic heterocycles. The van der Waals surface area contributed by atoms with E-state index in [0.717, 1.165) is 38.6 Å². The quantitative estimate of drug-likeness (QED) is 0.325. The second-order valence-electron chi connectivity index (χ2n) is 10.2. The Hall–Kier alpha value is -1.81. The second-order valence-corrected chi connectivity index (χ2v) is 10.5. The summed E-state index contributed by atoms with van der Waals surface area (Å²) in [4.78, 5) is 38.5. The van der Waals surface area contributed by atoms with Crippen LogP contribution >= 0.6 is 11.6 Å². The second kappa shape index (κ2) is 9.92. The van der Waals surface area contributed by atoms with Gasteiger partial charge >= 0.3 is 0 Å². The molecular weight excluding hydrogens is 474 g/mol. The van der Waals surface area contributed by atoms with Gasteiger partial charge in [0, 0.05) is 12.5 Å². The van der Waals surface area contributed by atoms with Crippen molar-refractivity contribution in [3.63, 3.8) is 0 Å². The fraction of sp³-hybridized carbons (Fsp3) is 0.760. The van der Waals surface area contributed by atoms with E-state index >= 15 is 0 Å². The van der Waals surface area contributed by atoms with E-state index in [4.69, 9.17) is 30.5 Å². The van der Waals surface area contributed by atoms with Crippen molar-refractivity contribution in [1.82, 2.24) is 14.9 Å². The summed E-state index contributed by atoms with van der Waals surface area (Å²) in [5.74, 6) is -2.11. The van der Waals surface area contributed by atoms with Crippen molar-refractivity contribution < 1.29 is 28.5 Å². The van der Waals surface area contributed by atoms with Crippen molar-refractivity contribution in [2.45, 2.75) is 69.6 Å². The maximum Gasteiger partial charge on any atom is 0.262 e. The van der Waals surface area contributed by atoms with E-state index in [2.05, 4.69) is 21.9 Å². The van der Waals surface area contributed by atoms with Crippen LogP contribution in [0.15, 0.2) is 0 Å². The normalized spacial score (nSPS) is 30.8. The van der Waals surface area contributed by atoms with Gasteiger partial charge in [-0.2, -0.15) is 4.98 Å². The Labute approximate surface area is 210 Å². The molecule has 5 rings (SSSR count). The number of Topliss-reactive ketones (excluding diaryl/α,β-unsaturated/α-hetero) is 2. The highest BCUT2D eigenvalue weighted by atomic mass is 35.5. The van der Waals surface area contributed by atoms with Gasteiger partial charge in [0.05, 0.1) is 31.7 Å². The maximum absolute atomic E-state index is 14.0. The van der Waals surface area contributed by atoms with E-state index in [9.17, 15) is 9.59 Å². The molecule has 3 heterocycles. The predicted molar refractivity (Wildman–Crippen MR) is 127 cm³/mol. The van der Waals surface area contributed by atoms with Gasteiger partial charge in [0.15, 0.2) is 16.7 Å². The molecular formula is C25H34ClN3O6. The molecule has 0 aromatic carbocycles. The fourth-order valence-electron chi connectivity index (χ4n) is 6.47. The average Bonchev–Trinajstić information content (AvgIpc) is 3.50. The molecule has 192 valence electrons. The molecule has 1 unspecified atom stereocenters. The molecule has 2 spiro atoms. The van der Waals surface area contributed by atoms with E-state index in [0.29, 0.717) is 45.5 Å². The standard InChI is InChI=1S/C25H34ClN3O6/c1-29-12-6-7-16(29)15-33-23-19(32-2)21(26)27-22(28-23)18(30)17-8-5-10-24(20(17)31)9-3-4-11-25(24)34-13-14-35-25/h16-17H,3-15H2,1-2H3/t16-,17?,24-/m0/s1. The summed E-state index contributed by atoms with van der Waals surface area (Å²) in [6.07, 6.45) is 7.19. The molecule has 0 bridgehead atoms. The number of rotatable bonds is 6. The van der Waals surface area contributed by atoms with E-state index < -0.39 is 22.9 Å². The first kappa shape index (κ1) is 24.9. The lowest BCUT2D eigenvalue weighted by atomic mass is 9.57. The lowest BCUT2D eigenvalue weighted by molar-refractivity contribution is -0.255. The highest BCUT2D eigenvalue weighted by molar-refractivity contribution is 6.31. The third kappa shape index (κ3) is 4.24. The molecule has 2 aliphatic carbocycles. The molecule has 4 fully saturated rings. The van der Waals surface area contributed by atoms with Crippen LogP contribution in [0.1, 0.15) is 68.4 Å². The number of likely N-dealkylation sites (tertiary alicyclic amines) is 1. The monoisotopic (exact) mass is 507 g/mol. The van der Waals surface area contributed by atoms with Crippen molar-refractivity contribution >= 4 is 23.2 Å². The van der Waals surface area contributed by atoms with Crippen LogP contribution in [0.25, 0.3) is 0 Å². The molecule has 35 heavy (non-hydrogen) atoms. The van der Waals surface area contributed by atoms with Gasteiger partial charge < -0.3 is 23.8 Å². The molecule has 0 N–H and O–H groups in total. The molecule has 9 nitrogen and oxygen atoms in total. The number of nitrogens with zero attached hydrogens (tertiary/aromatic N) is 3. The summed E-state index contributed by atoms with van der Waals surface area (Å²) >= 11 is 6.38. The lowest BCUT2D eigenvalue weighted by Gasteiger charge is -2.51. The van der Waals surface area contributed by atoms with Gasteiger partial charge in [-0.05, 0) is 52.1 Å². The number of fused-ring (bicyclic) bond motifs is 1. The van der Waals surface area contributed by atoms with Crippen LogP contribution in [0.4, 0.5) is 0 Å². The maximum atomic E-state index is 14.0. The van der Waals surface area contributed by atoms with Crippen LogP contribution < -0.4 is 9.47 Å². The van der Waals surface area contributed by atoms with Crippen molar-refractivity contribution in [3.8, 4) is 11.6 Å². The van der Waals surface area contributed by atoms with Crippen molar-refractivity contribution in [3.05, 3.63) is 11.0 Å². The van der Waals surface area contributed by atoms with Gasteiger partial charge in [0.2, 0.25) is 17.4 Å². The molecule has 2 saturated heterocycles. The summed E-state index contributed by atoms with van der Waals surface area (Å²) < 4.78 is 23.5. The lowest BCUT2D eigenvalue weighted by Crippen LogP contribution is -2.60. The third-order valence-corrected chi connectivity index (χ3v) is 8.60. The van der Waals surface area contributed by atoms with E-state index in [1.807, 2.05) is 0 Å². The highest BCUT2D eigenvalue weighted by Crippen LogP contribution is 2.56. The predicted octanol–water partition coefficient (Wildman–Crippen LogP) is 3.47. The van der Waals surface area contributed by atoms with Crippen LogP contribution in [0.2, 0.25) is 5.15 Å². The van der Waals surface area contributed by atoms with Crippen LogP contribution in [-0.4, -0.2) is 78.8 Å². The van der Waals surface area contributed by atoms with Gasteiger partial charge in [-0.25, -0.2) is 4.98 Å². The Bertz CT molecular complexity index is 980. The van der Waals surface area contributed by atoms with Gasteiger partial charge in [0.25, 0.3) is 5.88 Å². The largest absolute Gasteiger partial charge is 0.489 e. The Morgan fingerprint density at radius 2 is 1.86 bits per heavy atom. The minimum absolute atomic E-state index is 0.00445. The number of halogens is 1. The summed E-state index contributed by atoms with van der Waals surface area (Å²) in [6, 6.07) is 0.251. The molecule has 0 amide bonds. The van der Waals surface area contributed by atoms with Crippen LogP contribution in [0.5, 0.6) is 11.6 Å². The first-order valence-electron chi connectivity index (χ1n) is 12.7. The minimum atomic E-state index is -0.915. The highest BCUT2D eigenvalue weighted by Gasteiger charge is 2.63. The Balaban J connectivity index is 1.41. The zero-order chi connectivity index (χ0) is 24.6. The first-order chi connectivity index (χ1) is 16.9. The fourth-order valence-corrected chi connectivity index (χ4v) is 6.70. The van der Waals surface area contributed by atoms with E-state index in [-0.39, 0.29) is 34.4 Å². The van der Waals surface area contributed by atoms with Gasteiger partial charge in [0.1, 0.15) is 6.61 Å². The summed E-state index contributed by atoms with van der Waals surface area (Å²) in [7, 11) is 3.51. The van der Waals surface area contributed by atoms with Crippen molar-refractivity contribution in [1.29, 1.82) is 0 Å². The Kier molecular flexibility index (Phi) is 7.05. The van der Waals surface area contributed by atoms with Crippen LogP contribution in [0, 0.1) is 11.3 Å². The van der Waals surface area contributed by atoms with Gasteiger partial charge in [-0.15, -0.1) is 0 Å². The van der Waals surface area contributed by atoms with Gasteiger partial charge in [-0.3, -0.25) is 9.59 Å². The smallest absolute Gasteiger partial charge is 0.262 e. The van der Waals surface area contributed by atoms with Crippen LogP contribution in [-0.2, 0) is 14.3 Å². The number of ether oxygens (including phenoxy) is 4.